The minimum absolute atomic E-state index is 0.0761. The van der Waals surface area contributed by atoms with Crippen molar-refractivity contribution < 1.29 is 18.4 Å². The molecule has 1 aromatic rings. The van der Waals surface area contributed by atoms with Gasteiger partial charge in [-0.3, -0.25) is 10.1 Å². The Labute approximate surface area is 108 Å². The molecule has 0 amide bonds. The summed E-state index contributed by atoms with van der Waals surface area (Å²) in [5.41, 5.74) is 5.16. The van der Waals surface area contributed by atoms with Crippen LogP contribution < -0.4 is 10.5 Å². The molecule has 2 rings (SSSR count). The Hall–Kier alpha value is -1.76. The highest BCUT2D eigenvalue weighted by Gasteiger charge is 2.28. The van der Waals surface area contributed by atoms with Gasteiger partial charge in [0.1, 0.15) is 0 Å². The van der Waals surface area contributed by atoms with Crippen LogP contribution in [0, 0.1) is 21.7 Å². The van der Waals surface area contributed by atoms with E-state index < -0.39 is 28.0 Å². The van der Waals surface area contributed by atoms with Gasteiger partial charge in [0.15, 0.2) is 5.82 Å². The summed E-state index contributed by atoms with van der Waals surface area (Å²) < 4.78 is 32.1. The molecule has 1 aliphatic carbocycles. The molecule has 104 valence electrons. The number of hydrogen-bond donors (Lipinski definition) is 1. The summed E-state index contributed by atoms with van der Waals surface area (Å²) >= 11 is 0. The summed E-state index contributed by atoms with van der Waals surface area (Å²) in [7, 11) is 0. The third-order valence-corrected chi connectivity index (χ3v) is 3.23. The molecule has 0 aliphatic heterocycles. The van der Waals surface area contributed by atoms with Crippen molar-refractivity contribution in [3.05, 3.63) is 33.9 Å². The lowest BCUT2D eigenvalue weighted by molar-refractivity contribution is -0.386. The summed E-state index contributed by atoms with van der Waals surface area (Å²) in [4.78, 5) is 10.0. The Morgan fingerprint density at radius 1 is 1.26 bits per heavy atom. The van der Waals surface area contributed by atoms with Crippen molar-refractivity contribution in [2.75, 3.05) is 0 Å². The molecule has 0 spiro atoms. The van der Waals surface area contributed by atoms with E-state index in [-0.39, 0.29) is 12.1 Å². The van der Waals surface area contributed by atoms with Gasteiger partial charge in [0.2, 0.25) is 11.6 Å². The second kappa shape index (κ2) is 5.48. The van der Waals surface area contributed by atoms with Crippen LogP contribution in [0.3, 0.4) is 0 Å². The number of nitro benzene ring substituents is 1. The zero-order valence-corrected chi connectivity index (χ0v) is 10.1. The highest BCUT2D eigenvalue weighted by molar-refractivity contribution is 5.47. The van der Waals surface area contributed by atoms with Crippen LogP contribution in [0.15, 0.2) is 12.1 Å². The normalized spacial score (nSPS) is 23.1. The maximum Gasteiger partial charge on any atom is 0.314 e. The zero-order valence-electron chi connectivity index (χ0n) is 10.1. The molecule has 5 nitrogen and oxygen atoms in total. The van der Waals surface area contributed by atoms with Crippen LogP contribution in [-0.2, 0) is 0 Å². The number of hydrogen-bond acceptors (Lipinski definition) is 4. The lowest BCUT2D eigenvalue weighted by Crippen LogP contribution is -2.32. The Kier molecular flexibility index (Phi) is 3.94. The smallest absolute Gasteiger partial charge is 0.314 e. The van der Waals surface area contributed by atoms with Crippen molar-refractivity contribution in [2.45, 2.75) is 37.8 Å². The van der Waals surface area contributed by atoms with E-state index in [0.29, 0.717) is 25.7 Å². The number of ether oxygens (including phenoxy) is 1. The van der Waals surface area contributed by atoms with Gasteiger partial charge in [0.25, 0.3) is 0 Å². The molecule has 0 heterocycles. The quantitative estimate of drug-likeness (QED) is 0.677. The first-order valence-corrected chi connectivity index (χ1v) is 6.03. The lowest BCUT2D eigenvalue weighted by Gasteiger charge is -2.26. The van der Waals surface area contributed by atoms with Gasteiger partial charge in [0.05, 0.1) is 11.0 Å². The van der Waals surface area contributed by atoms with E-state index in [2.05, 4.69) is 0 Å². The average Bonchev–Trinajstić information content (AvgIpc) is 2.37. The fraction of sp³-hybridized carbons (Fsp3) is 0.500. The summed E-state index contributed by atoms with van der Waals surface area (Å²) in [5.74, 6) is -3.09. The van der Waals surface area contributed by atoms with Gasteiger partial charge in [-0.05, 0) is 31.7 Å². The predicted molar refractivity (Wildman–Crippen MR) is 63.9 cm³/mol. The average molecular weight is 272 g/mol. The molecule has 0 aromatic heterocycles. The predicted octanol–water partition coefficient (Wildman–Crippen LogP) is 2.52. The molecule has 1 aromatic carbocycles. The lowest BCUT2D eigenvalue weighted by atomic mass is 9.94. The number of rotatable bonds is 3. The van der Waals surface area contributed by atoms with Gasteiger partial charge in [-0.2, -0.15) is 4.39 Å². The minimum atomic E-state index is -1.32. The van der Waals surface area contributed by atoms with Gasteiger partial charge in [-0.15, -0.1) is 0 Å². The Balaban J connectivity index is 2.23. The third-order valence-electron chi connectivity index (χ3n) is 3.23. The maximum absolute atomic E-state index is 13.6. The van der Waals surface area contributed by atoms with Crippen molar-refractivity contribution >= 4 is 5.69 Å². The fourth-order valence-corrected chi connectivity index (χ4v) is 2.15. The Bertz CT molecular complexity index is 488. The summed E-state index contributed by atoms with van der Waals surface area (Å²) in [6, 6.07) is 1.70. The van der Waals surface area contributed by atoms with Crippen molar-refractivity contribution in [1.82, 2.24) is 0 Å². The Morgan fingerprint density at radius 2 is 1.89 bits per heavy atom. The van der Waals surface area contributed by atoms with Gasteiger partial charge in [-0.25, -0.2) is 4.39 Å². The van der Waals surface area contributed by atoms with Gasteiger partial charge in [-0.1, -0.05) is 0 Å². The number of nitrogens with zero attached hydrogens (tertiary/aromatic N) is 1. The highest BCUT2D eigenvalue weighted by Crippen LogP contribution is 2.34. The second-order valence-corrected chi connectivity index (χ2v) is 4.62. The standard InChI is InChI=1S/C12H14F2N2O3/c13-9-5-6-10(16(17)18)12(11(9)14)19-8-3-1-7(15)2-4-8/h5-8H,1-4,15H2. The monoisotopic (exact) mass is 272 g/mol. The maximum atomic E-state index is 13.6. The van der Waals surface area contributed by atoms with E-state index >= 15 is 0 Å². The van der Waals surface area contributed by atoms with Crippen molar-refractivity contribution in [1.29, 1.82) is 0 Å². The molecule has 1 aliphatic rings. The molecule has 19 heavy (non-hydrogen) atoms. The number of halogens is 2. The summed E-state index contributed by atoms with van der Waals surface area (Å²) in [6.07, 6.45) is 2.20. The SMILES string of the molecule is NC1CCC(Oc2c([N+](=O)[O-])ccc(F)c2F)CC1. The fourth-order valence-electron chi connectivity index (χ4n) is 2.15. The summed E-state index contributed by atoms with van der Waals surface area (Å²) in [6.45, 7) is 0. The van der Waals surface area contributed by atoms with E-state index in [1.807, 2.05) is 0 Å². The molecule has 0 saturated heterocycles. The zero-order chi connectivity index (χ0) is 14.0. The highest BCUT2D eigenvalue weighted by atomic mass is 19.2. The largest absolute Gasteiger partial charge is 0.481 e. The third kappa shape index (κ3) is 2.98. The number of benzene rings is 1. The summed E-state index contributed by atoms with van der Waals surface area (Å²) in [5, 5.41) is 10.8. The van der Waals surface area contributed by atoms with Gasteiger partial charge < -0.3 is 10.5 Å². The second-order valence-electron chi connectivity index (χ2n) is 4.62. The van der Waals surface area contributed by atoms with E-state index in [9.17, 15) is 18.9 Å². The first kappa shape index (κ1) is 13.7. The van der Waals surface area contributed by atoms with Crippen molar-refractivity contribution in [3.8, 4) is 5.75 Å². The van der Waals surface area contributed by atoms with Crippen molar-refractivity contribution in [3.63, 3.8) is 0 Å². The van der Waals surface area contributed by atoms with Crippen LogP contribution in [0.1, 0.15) is 25.7 Å². The number of nitrogens with two attached hydrogens (primary N) is 1. The van der Waals surface area contributed by atoms with Crippen LogP contribution in [0.5, 0.6) is 5.75 Å². The molecule has 1 fully saturated rings. The topological polar surface area (TPSA) is 78.4 Å². The van der Waals surface area contributed by atoms with Crippen LogP contribution in [0.4, 0.5) is 14.5 Å². The Morgan fingerprint density at radius 3 is 2.47 bits per heavy atom. The van der Waals surface area contributed by atoms with E-state index in [1.165, 1.54) is 0 Å². The molecular weight excluding hydrogens is 258 g/mol. The first-order valence-electron chi connectivity index (χ1n) is 6.03. The van der Waals surface area contributed by atoms with Gasteiger partial charge >= 0.3 is 5.69 Å². The molecule has 0 unspecified atom stereocenters. The van der Waals surface area contributed by atoms with Gasteiger partial charge in [0, 0.05) is 12.1 Å². The molecule has 0 atom stereocenters. The van der Waals surface area contributed by atoms with E-state index in [0.717, 1.165) is 12.1 Å². The molecular formula is C12H14F2N2O3. The minimum Gasteiger partial charge on any atom is -0.481 e. The first-order chi connectivity index (χ1) is 8.99. The van der Waals surface area contributed by atoms with Crippen LogP contribution in [0.25, 0.3) is 0 Å². The van der Waals surface area contributed by atoms with E-state index in [4.69, 9.17) is 10.5 Å². The van der Waals surface area contributed by atoms with Crippen LogP contribution in [-0.4, -0.2) is 17.1 Å². The molecule has 0 radical (unpaired) electrons. The molecule has 1 saturated carbocycles. The van der Waals surface area contributed by atoms with Crippen LogP contribution >= 0.6 is 0 Å². The molecule has 0 bridgehead atoms. The van der Waals surface area contributed by atoms with E-state index in [1.54, 1.807) is 0 Å². The van der Waals surface area contributed by atoms with Crippen LogP contribution in [0.2, 0.25) is 0 Å². The number of nitro groups is 1. The van der Waals surface area contributed by atoms with Crippen molar-refractivity contribution in [2.24, 2.45) is 5.73 Å². The molecule has 2 N–H and O–H groups in total. The molecule has 7 heteroatoms.